The van der Waals surface area contributed by atoms with E-state index in [1.165, 1.54) is 12.1 Å². The van der Waals surface area contributed by atoms with Crippen LogP contribution in [0.3, 0.4) is 0 Å². The Kier molecular flexibility index (Phi) is 4.32. The molecule has 2 rings (SSSR count). The molecule has 0 bridgehead atoms. The van der Waals surface area contributed by atoms with Gasteiger partial charge in [-0.3, -0.25) is 0 Å². The summed E-state index contributed by atoms with van der Waals surface area (Å²) in [5.74, 6) is 0. The first-order valence-corrected chi connectivity index (χ1v) is 6.64. The van der Waals surface area contributed by atoms with Crippen LogP contribution in [0, 0.1) is 0 Å². The Bertz CT molecular complexity index is 641. The van der Waals surface area contributed by atoms with Gasteiger partial charge in [0.05, 0.1) is 5.56 Å². The lowest BCUT2D eigenvalue weighted by atomic mass is 10.1. The maximum Gasteiger partial charge on any atom is 0.418 e. The van der Waals surface area contributed by atoms with Crippen LogP contribution in [0.25, 0.3) is 0 Å². The molecule has 0 saturated carbocycles. The van der Waals surface area contributed by atoms with Gasteiger partial charge >= 0.3 is 6.18 Å². The van der Waals surface area contributed by atoms with Crippen LogP contribution in [-0.4, -0.2) is 0 Å². The summed E-state index contributed by atoms with van der Waals surface area (Å²) in [5, 5.41) is 3.56. The molecule has 2 aromatic rings. The van der Waals surface area contributed by atoms with Crippen LogP contribution >= 0.6 is 11.6 Å². The predicted octanol–water partition coefficient (Wildman–Crippen LogP) is 5.11. The molecular weight excluding hydrogens is 301 g/mol. The number of benzene rings is 2. The zero-order chi connectivity index (χ0) is 15.6. The van der Waals surface area contributed by atoms with E-state index in [4.69, 9.17) is 17.3 Å². The van der Waals surface area contributed by atoms with E-state index in [2.05, 4.69) is 5.32 Å². The number of hydrogen-bond donors (Lipinski definition) is 2. The van der Waals surface area contributed by atoms with Crippen molar-refractivity contribution in [2.75, 3.05) is 11.1 Å². The molecule has 3 N–H and O–H groups in total. The first-order chi connectivity index (χ1) is 9.79. The lowest BCUT2D eigenvalue weighted by Gasteiger charge is -2.19. The van der Waals surface area contributed by atoms with E-state index in [1.54, 1.807) is 12.1 Å². The third kappa shape index (κ3) is 3.61. The second kappa shape index (κ2) is 5.85. The lowest BCUT2D eigenvalue weighted by Crippen LogP contribution is -2.12. The van der Waals surface area contributed by atoms with Gasteiger partial charge in [0.25, 0.3) is 0 Å². The molecule has 6 heteroatoms. The summed E-state index contributed by atoms with van der Waals surface area (Å²) in [4.78, 5) is 0. The zero-order valence-electron chi connectivity index (χ0n) is 11.2. The van der Waals surface area contributed by atoms with Gasteiger partial charge in [-0.05, 0) is 36.8 Å². The van der Waals surface area contributed by atoms with Gasteiger partial charge in [0.15, 0.2) is 0 Å². The third-order valence-electron chi connectivity index (χ3n) is 3.11. The predicted molar refractivity (Wildman–Crippen MR) is 79.3 cm³/mol. The maximum atomic E-state index is 12.8. The highest BCUT2D eigenvalue weighted by molar-refractivity contribution is 6.31. The van der Waals surface area contributed by atoms with Crippen LogP contribution in [0.4, 0.5) is 24.5 Å². The molecule has 0 aliphatic heterocycles. The Morgan fingerprint density at radius 1 is 1.14 bits per heavy atom. The van der Waals surface area contributed by atoms with Gasteiger partial charge in [0.1, 0.15) is 0 Å². The molecule has 0 spiro atoms. The van der Waals surface area contributed by atoms with Crippen molar-refractivity contribution in [3.05, 3.63) is 58.6 Å². The molecule has 0 aliphatic rings. The van der Waals surface area contributed by atoms with Crippen molar-refractivity contribution in [2.45, 2.75) is 19.1 Å². The number of alkyl halides is 3. The summed E-state index contributed by atoms with van der Waals surface area (Å²) >= 11 is 6.07. The molecular formula is C15H14ClF3N2. The Morgan fingerprint density at radius 2 is 1.81 bits per heavy atom. The number of nitrogen functional groups attached to an aromatic ring is 1. The Morgan fingerprint density at radius 3 is 2.43 bits per heavy atom. The molecule has 0 heterocycles. The van der Waals surface area contributed by atoms with Crippen molar-refractivity contribution < 1.29 is 13.2 Å². The number of hydrogen-bond acceptors (Lipinski definition) is 2. The average molecular weight is 315 g/mol. The molecule has 112 valence electrons. The zero-order valence-corrected chi connectivity index (χ0v) is 12.0. The maximum absolute atomic E-state index is 12.8. The number of anilines is 2. The van der Waals surface area contributed by atoms with Gasteiger partial charge in [0.2, 0.25) is 0 Å². The highest BCUT2D eigenvalue weighted by atomic mass is 35.5. The van der Waals surface area contributed by atoms with Crippen molar-refractivity contribution in [3.63, 3.8) is 0 Å². The van der Waals surface area contributed by atoms with E-state index in [0.29, 0.717) is 10.7 Å². The highest BCUT2D eigenvalue weighted by Crippen LogP contribution is 2.36. The van der Waals surface area contributed by atoms with Crippen LogP contribution in [0.2, 0.25) is 5.02 Å². The summed E-state index contributed by atoms with van der Waals surface area (Å²) in [6.07, 6.45) is -4.48. The second-order valence-electron chi connectivity index (χ2n) is 4.69. The fraction of sp³-hybridized carbons (Fsp3) is 0.200. The van der Waals surface area contributed by atoms with E-state index in [1.807, 2.05) is 19.1 Å². The summed E-state index contributed by atoms with van der Waals surface area (Å²) in [6.45, 7) is 1.82. The smallest absolute Gasteiger partial charge is 0.398 e. The molecule has 0 saturated heterocycles. The quantitative estimate of drug-likeness (QED) is 0.772. The Balaban J connectivity index is 2.26. The molecule has 1 atom stereocenters. The third-order valence-corrected chi connectivity index (χ3v) is 3.46. The highest BCUT2D eigenvalue weighted by Gasteiger charge is 2.33. The normalized spacial score (nSPS) is 13.0. The summed E-state index contributed by atoms with van der Waals surface area (Å²) < 4.78 is 38.5. The van der Waals surface area contributed by atoms with E-state index in [0.717, 1.165) is 11.6 Å². The Labute approximate surface area is 125 Å². The van der Waals surface area contributed by atoms with Crippen molar-refractivity contribution in [2.24, 2.45) is 0 Å². The summed E-state index contributed by atoms with van der Waals surface area (Å²) in [6, 6.07) is 10.7. The standard InChI is InChI=1S/C15H14ClF3N2/c1-9(11-4-2-3-5-13(11)16)21-10-6-7-14(20)12(8-10)15(17,18)19/h2-9,21H,20H2,1H3. The number of nitrogens with one attached hydrogen (secondary N) is 1. The molecule has 0 aliphatic carbocycles. The molecule has 21 heavy (non-hydrogen) atoms. The first-order valence-electron chi connectivity index (χ1n) is 6.26. The van der Waals surface area contributed by atoms with Crippen molar-refractivity contribution in [1.29, 1.82) is 0 Å². The Hall–Kier alpha value is -1.88. The fourth-order valence-electron chi connectivity index (χ4n) is 2.05. The van der Waals surface area contributed by atoms with Crippen LogP contribution in [0.1, 0.15) is 24.1 Å². The molecule has 1 unspecified atom stereocenters. The minimum absolute atomic E-state index is 0.233. The molecule has 2 aromatic carbocycles. The van der Waals surface area contributed by atoms with E-state index in [-0.39, 0.29) is 11.7 Å². The van der Waals surface area contributed by atoms with Gasteiger partial charge in [0, 0.05) is 22.4 Å². The van der Waals surface area contributed by atoms with Gasteiger partial charge < -0.3 is 11.1 Å². The first kappa shape index (κ1) is 15.5. The molecule has 2 nitrogen and oxygen atoms in total. The fourth-order valence-corrected chi connectivity index (χ4v) is 2.34. The summed E-state index contributed by atoms with van der Waals surface area (Å²) in [5.41, 5.74) is 5.38. The van der Waals surface area contributed by atoms with Crippen LogP contribution < -0.4 is 11.1 Å². The SMILES string of the molecule is CC(Nc1ccc(N)c(C(F)(F)F)c1)c1ccccc1Cl. The van der Waals surface area contributed by atoms with Crippen LogP contribution in [0.15, 0.2) is 42.5 Å². The minimum Gasteiger partial charge on any atom is -0.398 e. The van der Waals surface area contributed by atoms with Crippen molar-refractivity contribution in [3.8, 4) is 0 Å². The molecule has 0 fully saturated rings. The lowest BCUT2D eigenvalue weighted by molar-refractivity contribution is -0.136. The van der Waals surface area contributed by atoms with Crippen molar-refractivity contribution >= 4 is 23.0 Å². The van der Waals surface area contributed by atoms with Crippen molar-refractivity contribution in [1.82, 2.24) is 0 Å². The number of nitrogens with two attached hydrogens (primary N) is 1. The molecule has 0 aromatic heterocycles. The monoisotopic (exact) mass is 314 g/mol. The largest absolute Gasteiger partial charge is 0.418 e. The molecule has 0 amide bonds. The van der Waals surface area contributed by atoms with Gasteiger partial charge in [-0.15, -0.1) is 0 Å². The van der Waals surface area contributed by atoms with E-state index < -0.39 is 11.7 Å². The van der Waals surface area contributed by atoms with E-state index in [9.17, 15) is 13.2 Å². The topological polar surface area (TPSA) is 38.0 Å². The number of halogens is 4. The van der Waals surface area contributed by atoms with Crippen LogP contribution in [0.5, 0.6) is 0 Å². The van der Waals surface area contributed by atoms with Gasteiger partial charge in [-0.25, -0.2) is 0 Å². The average Bonchev–Trinajstić information content (AvgIpc) is 2.40. The van der Waals surface area contributed by atoms with Gasteiger partial charge in [-0.1, -0.05) is 29.8 Å². The van der Waals surface area contributed by atoms with Crippen LogP contribution in [-0.2, 0) is 6.18 Å². The molecule has 0 radical (unpaired) electrons. The van der Waals surface area contributed by atoms with E-state index >= 15 is 0 Å². The minimum atomic E-state index is -4.48. The van der Waals surface area contributed by atoms with Gasteiger partial charge in [-0.2, -0.15) is 13.2 Å². The number of rotatable bonds is 3. The second-order valence-corrected chi connectivity index (χ2v) is 5.09. The summed E-state index contributed by atoms with van der Waals surface area (Å²) in [7, 11) is 0.